The smallest absolute Gasteiger partial charge is 0.386 e. The highest BCUT2D eigenvalue weighted by atomic mass is 32.7. The molecular formula is C30H45FN10O11P2S2Si. The van der Waals surface area contributed by atoms with Crippen molar-refractivity contribution in [2.75, 3.05) is 24.3 Å². The van der Waals surface area contributed by atoms with Gasteiger partial charge in [0.1, 0.15) is 42.4 Å². The molecule has 21 nitrogen and oxygen atoms in total. The second-order valence-electron chi connectivity index (χ2n) is 15.2. The van der Waals surface area contributed by atoms with Gasteiger partial charge in [-0.25, -0.2) is 28.9 Å². The summed E-state index contributed by atoms with van der Waals surface area (Å²) in [5.41, 5.74) is 5.39. The van der Waals surface area contributed by atoms with Crippen molar-refractivity contribution in [3.05, 3.63) is 29.3 Å². The number of aliphatic hydroxyl groups excluding tert-OH is 1. The van der Waals surface area contributed by atoms with Gasteiger partial charge in [-0.15, -0.1) is 0 Å². The molecule has 4 aromatic heterocycles. The number of rotatable bonds is 14. The molecule has 314 valence electrons. The van der Waals surface area contributed by atoms with E-state index in [9.17, 15) is 23.8 Å². The Bertz CT molecular complexity index is 2260. The quantitative estimate of drug-likeness (QED) is 0.0597. The molecule has 0 spiro atoms. The summed E-state index contributed by atoms with van der Waals surface area (Å²) in [5.74, 6) is -0.970. The number of aliphatic hydroxyl groups is 1. The number of alkyl halides is 1. The van der Waals surface area contributed by atoms with Crippen LogP contribution < -0.4 is 16.6 Å². The van der Waals surface area contributed by atoms with Crippen molar-refractivity contribution < 1.29 is 50.9 Å². The van der Waals surface area contributed by atoms with Crippen LogP contribution >= 0.6 is 38.5 Å². The first kappa shape index (κ1) is 43.8. The van der Waals surface area contributed by atoms with E-state index < -0.39 is 102 Å². The second kappa shape index (κ2) is 16.7. The number of nitrogens with one attached hydrogen (secondary N) is 2. The van der Waals surface area contributed by atoms with E-state index in [-0.39, 0.29) is 39.1 Å². The van der Waals surface area contributed by atoms with Gasteiger partial charge in [-0.3, -0.25) is 42.6 Å². The van der Waals surface area contributed by atoms with Crippen LogP contribution in [0.3, 0.4) is 0 Å². The first-order valence-electron chi connectivity index (χ1n) is 17.6. The number of nitrogens with zero attached hydrogens (tertiary/aromatic N) is 7. The van der Waals surface area contributed by atoms with Crippen molar-refractivity contribution in [3.63, 3.8) is 0 Å². The van der Waals surface area contributed by atoms with Gasteiger partial charge in [-0.05, 0) is 18.1 Å². The molecule has 0 radical (unpaired) electrons. The van der Waals surface area contributed by atoms with Crippen molar-refractivity contribution >= 4 is 86.8 Å². The number of ether oxygens (including phenoxy) is 2. The van der Waals surface area contributed by atoms with Gasteiger partial charge in [-0.2, -0.15) is 4.98 Å². The molecule has 0 aromatic carbocycles. The minimum absolute atomic E-state index is 0.0450. The number of H-pyrrole nitrogens is 1. The Labute approximate surface area is 337 Å². The minimum atomic E-state index is -4.54. The summed E-state index contributed by atoms with van der Waals surface area (Å²) in [5, 5.41) is 12.8. The number of nitrogen functional groups attached to an aromatic ring is 1. The fraction of sp³-hybridized carbons (Fsp3) is 0.633. The van der Waals surface area contributed by atoms with Crippen LogP contribution in [-0.2, 0) is 41.4 Å². The summed E-state index contributed by atoms with van der Waals surface area (Å²) < 4.78 is 81.2. The highest BCUT2D eigenvalue weighted by Gasteiger charge is 2.54. The van der Waals surface area contributed by atoms with Gasteiger partial charge in [0.25, 0.3) is 5.56 Å². The molecule has 6 rings (SSSR count). The zero-order valence-corrected chi connectivity index (χ0v) is 36.5. The van der Waals surface area contributed by atoms with Gasteiger partial charge in [0.15, 0.2) is 49.6 Å². The number of nitrogens with two attached hydrogens (primary N) is 1. The molecule has 2 fully saturated rings. The number of hydrogen-bond donors (Lipinski definition) is 6. The van der Waals surface area contributed by atoms with Crippen molar-refractivity contribution in [3.8, 4) is 0 Å². The number of aromatic amines is 1. The molecule has 6 heterocycles. The molecule has 0 saturated carbocycles. The van der Waals surface area contributed by atoms with E-state index in [0.29, 0.717) is 0 Å². The highest BCUT2D eigenvalue weighted by Crippen LogP contribution is 2.58. The Morgan fingerprint density at radius 2 is 1.75 bits per heavy atom. The number of hydrogen-bond acceptors (Lipinski definition) is 17. The zero-order valence-electron chi connectivity index (χ0n) is 31.8. The minimum Gasteiger partial charge on any atom is -0.408 e. The summed E-state index contributed by atoms with van der Waals surface area (Å²) in [4.78, 5) is 48.8. The SMILES string of the molecule is CC(C)C(=O)Nc1nc2c(ncn2[C@@H]2O[C@H](CO)C(O[Si](C)(C)C(C)(C)C)C2OP(=O)(S)OC[C@H]2O[C@@H](n3cnc4c(N)ncnc43)C(F)C2O[PH](=O)S)c(=O)[nH]1. The Morgan fingerprint density at radius 3 is 2.39 bits per heavy atom. The van der Waals surface area contributed by atoms with E-state index in [1.807, 2.05) is 33.9 Å². The lowest BCUT2D eigenvalue weighted by Crippen LogP contribution is -2.50. The third kappa shape index (κ3) is 9.04. The predicted octanol–water partition coefficient (Wildman–Crippen LogP) is 3.80. The van der Waals surface area contributed by atoms with Crippen molar-refractivity contribution in [1.29, 1.82) is 0 Å². The van der Waals surface area contributed by atoms with E-state index in [4.69, 9.17) is 33.2 Å². The molecular weight excluding hydrogens is 850 g/mol. The largest absolute Gasteiger partial charge is 0.408 e. The van der Waals surface area contributed by atoms with Crippen LogP contribution in [0.2, 0.25) is 18.1 Å². The average molecular weight is 895 g/mol. The van der Waals surface area contributed by atoms with Gasteiger partial charge in [-0.1, -0.05) is 59.1 Å². The molecule has 4 aromatic rings. The molecule has 10 atom stereocenters. The first-order valence-corrected chi connectivity index (χ1v) is 25.8. The van der Waals surface area contributed by atoms with E-state index in [1.165, 1.54) is 28.1 Å². The summed E-state index contributed by atoms with van der Waals surface area (Å²) in [7, 11) is -5.74. The lowest BCUT2D eigenvalue weighted by atomic mass is 10.1. The van der Waals surface area contributed by atoms with Crippen molar-refractivity contribution in [2.24, 2.45) is 5.92 Å². The van der Waals surface area contributed by atoms with Gasteiger partial charge in [0.05, 0.1) is 25.9 Å². The topological polar surface area (TPSA) is 272 Å². The summed E-state index contributed by atoms with van der Waals surface area (Å²) in [6.45, 7) is 7.45. The number of anilines is 2. The Morgan fingerprint density at radius 1 is 1.11 bits per heavy atom. The monoisotopic (exact) mass is 894 g/mol. The maximum absolute atomic E-state index is 16.1. The fourth-order valence-electron chi connectivity index (χ4n) is 6.00. The summed E-state index contributed by atoms with van der Waals surface area (Å²) in [6, 6.07) is 0. The van der Waals surface area contributed by atoms with Crippen LogP contribution in [0.5, 0.6) is 0 Å². The van der Waals surface area contributed by atoms with Crippen LogP contribution in [0.1, 0.15) is 47.1 Å². The number of halogens is 1. The molecule has 2 aliphatic rings. The van der Waals surface area contributed by atoms with E-state index >= 15 is 4.39 Å². The lowest BCUT2D eigenvalue weighted by Gasteiger charge is -2.40. The fourth-order valence-corrected chi connectivity index (χ4v) is 9.65. The zero-order chi connectivity index (χ0) is 41.8. The van der Waals surface area contributed by atoms with Gasteiger partial charge >= 0.3 is 6.80 Å². The van der Waals surface area contributed by atoms with Crippen LogP contribution in [-0.4, -0.2) is 108 Å². The highest BCUT2D eigenvalue weighted by molar-refractivity contribution is 8.44. The number of aromatic nitrogens is 8. The average Bonchev–Trinajstić information content (AvgIpc) is 3.88. The number of carbonyl (C=O) groups excluding carboxylic acids is 1. The van der Waals surface area contributed by atoms with Crippen molar-refractivity contribution in [1.82, 2.24) is 39.0 Å². The van der Waals surface area contributed by atoms with E-state index in [0.717, 1.165) is 0 Å². The third-order valence-electron chi connectivity index (χ3n) is 10.00. The van der Waals surface area contributed by atoms with E-state index in [2.05, 4.69) is 59.7 Å². The molecule has 2 saturated heterocycles. The standard InChI is InChI=1S/C30H45FN10O11P2S2Si/c1-13(2)25(43)38-29-37-24-18(26(44)39-29)36-12-41(24)28-21(20(14(8-42)48-28)52-57(6,7)30(3,4)5)51-54(46,56)47-9-15-19(50-53(45)55)16(31)27(49-15)40-11-35-17-22(32)33-10-34-23(17)40/h10-16,19-21,27-28,42,53H,8-9H2,1-7H3,(H,45,55)(H,46,56)(H2,32,33,34)(H2,37,38,39,43,44)/t14-,15-,16?,19?,20?,21?,27-,28-,54?/m1/s1. The maximum atomic E-state index is 16.1. The Balaban J connectivity index is 1.32. The summed E-state index contributed by atoms with van der Waals surface area (Å²) in [6.07, 6.45) is -7.49. The molecule has 2 aliphatic heterocycles. The number of thiol groups is 2. The number of imidazole rings is 2. The molecule has 5 N–H and O–H groups in total. The predicted molar refractivity (Wildman–Crippen MR) is 214 cm³/mol. The molecule has 6 unspecified atom stereocenters. The molecule has 0 aliphatic carbocycles. The van der Waals surface area contributed by atoms with Crippen LogP contribution in [0.15, 0.2) is 23.8 Å². The van der Waals surface area contributed by atoms with Crippen LogP contribution in [0.4, 0.5) is 16.2 Å². The number of fused-ring (bicyclic) bond motifs is 2. The Hall–Kier alpha value is -2.80. The first-order chi connectivity index (χ1) is 26.6. The van der Waals surface area contributed by atoms with Crippen LogP contribution in [0, 0.1) is 5.92 Å². The number of carbonyl (C=O) groups is 1. The Kier molecular flexibility index (Phi) is 12.8. The van der Waals surface area contributed by atoms with Gasteiger partial charge < -0.3 is 29.3 Å². The van der Waals surface area contributed by atoms with Crippen molar-refractivity contribution in [2.45, 2.75) is 102 Å². The molecule has 0 bridgehead atoms. The second-order valence-corrected chi connectivity index (χ2v) is 24.7. The lowest BCUT2D eigenvalue weighted by molar-refractivity contribution is -0.118. The number of amides is 1. The third-order valence-corrected chi connectivity index (χ3v) is 16.9. The van der Waals surface area contributed by atoms with Gasteiger partial charge in [0.2, 0.25) is 19.1 Å². The normalized spacial score (nSPS) is 27.4. The van der Waals surface area contributed by atoms with Crippen LogP contribution in [0.25, 0.3) is 22.3 Å². The molecule has 27 heteroatoms. The summed E-state index contributed by atoms with van der Waals surface area (Å²) >= 11 is 8.09. The molecule has 1 amide bonds. The van der Waals surface area contributed by atoms with Gasteiger partial charge in [0, 0.05) is 5.92 Å². The molecule has 57 heavy (non-hydrogen) atoms. The maximum Gasteiger partial charge on any atom is 0.386 e. The van der Waals surface area contributed by atoms with E-state index in [1.54, 1.807) is 13.8 Å².